The molecule has 1 atom stereocenters. The minimum absolute atomic E-state index is 0.0475. The maximum Gasteiger partial charge on any atom is 0.242 e. The van der Waals surface area contributed by atoms with Gasteiger partial charge in [-0.25, -0.2) is 0 Å². The zero-order chi connectivity index (χ0) is 13.0. The summed E-state index contributed by atoms with van der Waals surface area (Å²) in [6.45, 7) is 0.565. The van der Waals surface area contributed by atoms with Crippen LogP contribution in [0, 0.1) is 0 Å². The van der Waals surface area contributed by atoms with Gasteiger partial charge in [-0.15, -0.1) is 0 Å². The lowest BCUT2D eigenvalue weighted by Gasteiger charge is -2.10. The molecule has 0 aliphatic carbocycles. The highest BCUT2D eigenvalue weighted by Crippen LogP contribution is 2.07. The van der Waals surface area contributed by atoms with Crippen LogP contribution in [0.1, 0.15) is 18.4 Å². The molecular formula is C13H17N3O2. The second-order valence-corrected chi connectivity index (χ2v) is 4.44. The third-order valence-electron chi connectivity index (χ3n) is 3.00. The van der Waals surface area contributed by atoms with E-state index in [-0.39, 0.29) is 17.9 Å². The van der Waals surface area contributed by atoms with E-state index in [0.717, 1.165) is 17.7 Å². The van der Waals surface area contributed by atoms with Gasteiger partial charge in [-0.3, -0.25) is 9.59 Å². The summed E-state index contributed by atoms with van der Waals surface area (Å²) in [7, 11) is 0. The molecule has 1 aliphatic heterocycles. The van der Waals surface area contributed by atoms with Gasteiger partial charge in [0.2, 0.25) is 11.8 Å². The molecule has 0 aromatic heterocycles. The summed E-state index contributed by atoms with van der Waals surface area (Å²) in [4.78, 5) is 22.7. The summed E-state index contributed by atoms with van der Waals surface area (Å²) in [6, 6.07) is 7.21. The Kier molecular flexibility index (Phi) is 3.82. The van der Waals surface area contributed by atoms with Gasteiger partial charge in [0.1, 0.15) is 6.04 Å². The molecule has 5 nitrogen and oxygen atoms in total. The SMILES string of the molecule is Nc1ccc(CCNC(=O)[C@@H]2CCC(=O)N2)cc1. The largest absolute Gasteiger partial charge is 0.399 e. The van der Waals surface area contributed by atoms with Crippen LogP contribution in [0.15, 0.2) is 24.3 Å². The predicted molar refractivity (Wildman–Crippen MR) is 68.7 cm³/mol. The number of nitrogens with one attached hydrogen (secondary N) is 2. The van der Waals surface area contributed by atoms with Crippen LogP contribution in [0.5, 0.6) is 0 Å². The number of rotatable bonds is 4. The molecule has 0 unspecified atom stereocenters. The normalized spacial score (nSPS) is 18.4. The lowest BCUT2D eigenvalue weighted by atomic mass is 10.1. The van der Waals surface area contributed by atoms with Crippen LogP contribution in [-0.2, 0) is 16.0 Å². The van der Waals surface area contributed by atoms with Crippen molar-refractivity contribution in [3.8, 4) is 0 Å². The minimum atomic E-state index is -0.357. The van der Waals surface area contributed by atoms with Crippen LogP contribution in [0.4, 0.5) is 5.69 Å². The van der Waals surface area contributed by atoms with Crippen molar-refractivity contribution in [2.75, 3.05) is 12.3 Å². The Morgan fingerprint density at radius 2 is 2.11 bits per heavy atom. The smallest absolute Gasteiger partial charge is 0.242 e. The van der Waals surface area contributed by atoms with Gasteiger partial charge < -0.3 is 16.4 Å². The number of amides is 2. The van der Waals surface area contributed by atoms with Gasteiger partial charge in [0, 0.05) is 18.7 Å². The van der Waals surface area contributed by atoms with Gasteiger partial charge >= 0.3 is 0 Å². The Hall–Kier alpha value is -2.04. The first kappa shape index (κ1) is 12.4. The summed E-state index contributed by atoms with van der Waals surface area (Å²) >= 11 is 0. The lowest BCUT2D eigenvalue weighted by molar-refractivity contribution is -0.125. The van der Waals surface area contributed by atoms with Gasteiger partial charge in [0.15, 0.2) is 0 Å². The minimum Gasteiger partial charge on any atom is -0.399 e. The van der Waals surface area contributed by atoms with E-state index in [0.29, 0.717) is 19.4 Å². The van der Waals surface area contributed by atoms with E-state index in [9.17, 15) is 9.59 Å². The fourth-order valence-corrected chi connectivity index (χ4v) is 1.95. The van der Waals surface area contributed by atoms with Crippen LogP contribution in [-0.4, -0.2) is 24.4 Å². The molecule has 0 radical (unpaired) electrons. The third kappa shape index (κ3) is 3.23. The highest BCUT2D eigenvalue weighted by Gasteiger charge is 2.26. The Bertz CT molecular complexity index is 442. The molecule has 2 amide bonds. The van der Waals surface area contributed by atoms with E-state index >= 15 is 0 Å². The van der Waals surface area contributed by atoms with Crippen molar-refractivity contribution in [3.05, 3.63) is 29.8 Å². The van der Waals surface area contributed by atoms with Crippen LogP contribution < -0.4 is 16.4 Å². The molecule has 4 N–H and O–H groups in total. The van der Waals surface area contributed by atoms with E-state index in [1.165, 1.54) is 0 Å². The van der Waals surface area contributed by atoms with E-state index < -0.39 is 0 Å². The van der Waals surface area contributed by atoms with Gasteiger partial charge in [0.05, 0.1) is 0 Å². The molecule has 1 aromatic rings. The molecule has 0 bridgehead atoms. The number of nitrogen functional groups attached to an aromatic ring is 1. The zero-order valence-corrected chi connectivity index (χ0v) is 10.1. The second-order valence-electron chi connectivity index (χ2n) is 4.44. The van der Waals surface area contributed by atoms with Crippen LogP contribution >= 0.6 is 0 Å². The Balaban J connectivity index is 1.73. The molecule has 2 rings (SSSR count). The summed E-state index contributed by atoms with van der Waals surface area (Å²) in [5, 5.41) is 5.47. The fraction of sp³-hybridized carbons (Fsp3) is 0.385. The van der Waals surface area contributed by atoms with Crippen molar-refractivity contribution in [2.45, 2.75) is 25.3 Å². The van der Waals surface area contributed by atoms with E-state index in [4.69, 9.17) is 5.73 Å². The highest BCUT2D eigenvalue weighted by atomic mass is 16.2. The molecule has 1 heterocycles. The number of benzene rings is 1. The molecule has 96 valence electrons. The third-order valence-corrected chi connectivity index (χ3v) is 3.00. The van der Waals surface area contributed by atoms with Crippen LogP contribution in [0.25, 0.3) is 0 Å². The summed E-state index contributed by atoms with van der Waals surface area (Å²) in [5.41, 5.74) is 7.45. The van der Waals surface area contributed by atoms with E-state index in [1.807, 2.05) is 24.3 Å². The van der Waals surface area contributed by atoms with Crippen LogP contribution in [0.3, 0.4) is 0 Å². The zero-order valence-electron chi connectivity index (χ0n) is 10.1. The second kappa shape index (κ2) is 5.53. The Morgan fingerprint density at radius 3 is 2.72 bits per heavy atom. The van der Waals surface area contributed by atoms with Crippen molar-refractivity contribution >= 4 is 17.5 Å². The van der Waals surface area contributed by atoms with Gasteiger partial charge in [-0.2, -0.15) is 0 Å². The first-order valence-corrected chi connectivity index (χ1v) is 6.06. The Morgan fingerprint density at radius 1 is 1.39 bits per heavy atom. The number of anilines is 1. The first-order valence-electron chi connectivity index (χ1n) is 6.06. The molecule has 1 aliphatic rings. The van der Waals surface area contributed by atoms with Crippen molar-refractivity contribution in [2.24, 2.45) is 0 Å². The van der Waals surface area contributed by atoms with Gasteiger partial charge in [-0.05, 0) is 30.5 Å². The van der Waals surface area contributed by atoms with Crippen molar-refractivity contribution in [1.29, 1.82) is 0 Å². The molecule has 0 saturated carbocycles. The summed E-state index contributed by atoms with van der Waals surface area (Å²) in [5.74, 6) is -0.148. The van der Waals surface area contributed by atoms with Gasteiger partial charge in [-0.1, -0.05) is 12.1 Å². The number of carbonyl (C=O) groups is 2. The highest BCUT2D eigenvalue weighted by molar-refractivity contribution is 5.90. The standard InChI is InChI=1S/C13H17N3O2/c14-10-3-1-9(2-4-10)7-8-15-13(18)11-5-6-12(17)16-11/h1-4,11H,5-8,14H2,(H,15,18)(H,16,17)/t11-/m0/s1. The summed E-state index contributed by atoms with van der Waals surface area (Å²) < 4.78 is 0. The maximum atomic E-state index is 11.7. The van der Waals surface area contributed by atoms with E-state index in [1.54, 1.807) is 0 Å². The quantitative estimate of drug-likeness (QED) is 0.665. The van der Waals surface area contributed by atoms with Crippen molar-refractivity contribution < 1.29 is 9.59 Å². The van der Waals surface area contributed by atoms with Crippen LogP contribution in [0.2, 0.25) is 0 Å². The number of hydrogen-bond donors (Lipinski definition) is 3. The average molecular weight is 247 g/mol. The number of nitrogens with two attached hydrogens (primary N) is 1. The molecule has 1 fully saturated rings. The molecule has 5 heteroatoms. The first-order chi connectivity index (χ1) is 8.65. The van der Waals surface area contributed by atoms with E-state index in [2.05, 4.69) is 10.6 Å². The monoisotopic (exact) mass is 247 g/mol. The number of carbonyl (C=O) groups excluding carboxylic acids is 2. The van der Waals surface area contributed by atoms with Crippen molar-refractivity contribution in [3.63, 3.8) is 0 Å². The number of hydrogen-bond acceptors (Lipinski definition) is 3. The van der Waals surface area contributed by atoms with Gasteiger partial charge in [0.25, 0.3) is 0 Å². The predicted octanol–water partition coefficient (Wildman–Crippen LogP) is 0.206. The maximum absolute atomic E-state index is 11.7. The topological polar surface area (TPSA) is 84.2 Å². The molecule has 1 saturated heterocycles. The molecular weight excluding hydrogens is 230 g/mol. The summed E-state index contributed by atoms with van der Waals surface area (Å²) in [6.07, 6.45) is 1.79. The molecule has 0 spiro atoms. The average Bonchev–Trinajstić information content (AvgIpc) is 2.78. The molecule has 1 aromatic carbocycles. The Labute approximate surface area is 106 Å². The van der Waals surface area contributed by atoms with Crippen molar-refractivity contribution in [1.82, 2.24) is 10.6 Å². The lowest BCUT2D eigenvalue weighted by Crippen LogP contribution is -2.42. The molecule has 18 heavy (non-hydrogen) atoms. The fourth-order valence-electron chi connectivity index (χ4n) is 1.95.